The molecular formula is C19H33NSi2. The Morgan fingerprint density at radius 3 is 2.18 bits per heavy atom. The molecular weight excluding hydrogens is 298 g/mol. The minimum absolute atomic E-state index is 0.604. The lowest BCUT2D eigenvalue weighted by Gasteiger charge is -2.24. The molecule has 0 aliphatic carbocycles. The molecule has 0 saturated heterocycles. The lowest BCUT2D eigenvalue weighted by Crippen LogP contribution is -2.30. The third-order valence-electron chi connectivity index (χ3n) is 3.72. The van der Waals surface area contributed by atoms with E-state index in [0.717, 1.165) is 19.1 Å². The second-order valence-electron chi connectivity index (χ2n) is 8.43. The number of benzene rings is 1. The standard InChI is InChI=1S/C19H33NSi2/c1-21(2,3)16-10-13-19(22(4,5)6)14-15-20-17-18-11-8-7-9-12-18/h7-9,11-12,19-20H,14-17H2,1-6H3. The first-order chi connectivity index (χ1) is 10.2. The normalized spacial score (nSPS) is 13.4. The van der Waals surface area contributed by atoms with Crippen molar-refractivity contribution in [3.8, 4) is 11.8 Å². The fourth-order valence-corrected chi connectivity index (χ4v) is 4.41. The zero-order chi connectivity index (χ0) is 16.6. The van der Waals surface area contributed by atoms with E-state index >= 15 is 0 Å². The Bertz CT molecular complexity index is 486. The van der Waals surface area contributed by atoms with Crippen LogP contribution in [-0.2, 0) is 6.54 Å². The Balaban J connectivity index is 2.45. The van der Waals surface area contributed by atoms with E-state index in [9.17, 15) is 0 Å². The summed E-state index contributed by atoms with van der Waals surface area (Å²) in [7, 11) is -2.25. The Kier molecular flexibility index (Phi) is 7.61. The Hall–Kier alpha value is -0.826. The van der Waals surface area contributed by atoms with Crippen LogP contribution < -0.4 is 5.32 Å². The first-order valence-corrected chi connectivity index (χ1v) is 15.7. The number of hydrogen-bond acceptors (Lipinski definition) is 1. The summed E-state index contributed by atoms with van der Waals surface area (Å²) in [5, 5.41) is 3.57. The van der Waals surface area contributed by atoms with Gasteiger partial charge in [0.1, 0.15) is 0 Å². The molecule has 0 aromatic heterocycles. The van der Waals surface area contributed by atoms with E-state index in [1.165, 1.54) is 12.0 Å². The van der Waals surface area contributed by atoms with E-state index < -0.39 is 16.1 Å². The average molecular weight is 332 g/mol. The Morgan fingerprint density at radius 1 is 1.00 bits per heavy atom. The summed E-state index contributed by atoms with van der Waals surface area (Å²) in [4.78, 5) is 0. The van der Waals surface area contributed by atoms with Crippen LogP contribution in [0.2, 0.25) is 50.9 Å². The van der Waals surface area contributed by atoms with Gasteiger partial charge in [0.2, 0.25) is 0 Å². The summed E-state index contributed by atoms with van der Waals surface area (Å²) in [6.45, 7) is 16.5. The summed E-state index contributed by atoms with van der Waals surface area (Å²) in [5.74, 6) is 7.13. The summed E-state index contributed by atoms with van der Waals surface area (Å²) < 4.78 is 0. The minimum Gasteiger partial charge on any atom is -0.313 e. The summed E-state index contributed by atoms with van der Waals surface area (Å²) in [5.41, 5.74) is 1.96. The van der Waals surface area contributed by atoms with E-state index in [-0.39, 0.29) is 0 Å². The summed E-state index contributed by atoms with van der Waals surface area (Å²) in [6, 6.07) is 11.8. The van der Waals surface area contributed by atoms with E-state index in [0.29, 0.717) is 5.54 Å². The SMILES string of the molecule is C[Si](C)(C)CC#CC(CCNCc1ccccc1)[Si](C)(C)C. The van der Waals surface area contributed by atoms with Gasteiger partial charge in [0.25, 0.3) is 0 Å². The molecule has 0 amide bonds. The maximum absolute atomic E-state index is 3.62. The highest BCUT2D eigenvalue weighted by atomic mass is 28.3. The van der Waals surface area contributed by atoms with Crippen molar-refractivity contribution < 1.29 is 0 Å². The van der Waals surface area contributed by atoms with Gasteiger partial charge in [-0.1, -0.05) is 69.6 Å². The van der Waals surface area contributed by atoms with Crippen LogP contribution in [0.15, 0.2) is 30.3 Å². The van der Waals surface area contributed by atoms with Crippen molar-refractivity contribution in [1.29, 1.82) is 0 Å². The van der Waals surface area contributed by atoms with Crippen LogP contribution in [0, 0.1) is 11.8 Å². The first kappa shape index (κ1) is 19.2. The maximum Gasteiger partial charge on any atom is 0.0613 e. The molecule has 0 fully saturated rings. The third-order valence-corrected chi connectivity index (χ3v) is 7.48. The predicted octanol–water partition coefficient (Wildman–Crippen LogP) is 5.22. The van der Waals surface area contributed by atoms with E-state index in [2.05, 4.69) is 86.8 Å². The van der Waals surface area contributed by atoms with Crippen LogP contribution in [0.25, 0.3) is 0 Å². The molecule has 3 heteroatoms. The van der Waals surface area contributed by atoms with Crippen LogP contribution in [-0.4, -0.2) is 22.7 Å². The highest BCUT2D eigenvalue weighted by Crippen LogP contribution is 2.24. The average Bonchev–Trinajstić information content (AvgIpc) is 2.40. The molecule has 1 unspecified atom stereocenters. The van der Waals surface area contributed by atoms with Crippen molar-refractivity contribution >= 4 is 16.1 Å². The second kappa shape index (κ2) is 8.71. The predicted molar refractivity (Wildman–Crippen MR) is 106 cm³/mol. The van der Waals surface area contributed by atoms with Crippen LogP contribution >= 0.6 is 0 Å². The van der Waals surface area contributed by atoms with Crippen molar-refractivity contribution in [1.82, 2.24) is 5.32 Å². The Morgan fingerprint density at radius 2 is 1.64 bits per heavy atom. The molecule has 1 aromatic carbocycles. The van der Waals surface area contributed by atoms with Crippen molar-refractivity contribution in [2.75, 3.05) is 6.54 Å². The number of hydrogen-bond donors (Lipinski definition) is 1. The molecule has 0 spiro atoms. The number of nitrogens with one attached hydrogen (secondary N) is 1. The van der Waals surface area contributed by atoms with Crippen LogP contribution in [0.5, 0.6) is 0 Å². The van der Waals surface area contributed by atoms with Gasteiger partial charge in [-0.15, -0.1) is 11.8 Å². The molecule has 1 N–H and O–H groups in total. The molecule has 0 aliphatic rings. The van der Waals surface area contributed by atoms with Gasteiger partial charge in [-0.2, -0.15) is 0 Å². The molecule has 0 saturated carbocycles. The molecule has 0 radical (unpaired) electrons. The minimum atomic E-state index is -1.21. The quantitative estimate of drug-likeness (QED) is 0.410. The summed E-state index contributed by atoms with van der Waals surface area (Å²) in [6.07, 6.45) is 1.18. The third kappa shape index (κ3) is 8.58. The largest absolute Gasteiger partial charge is 0.313 e. The van der Waals surface area contributed by atoms with Crippen molar-refractivity contribution in [3.05, 3.63) is 35.9 Å². The molecule has 22 heavy (non-hydrogen) atoms. The molecule has 0 heterocycles. The van der Waals surface area contributed by atoms with Gasteiger partial charge in [-0.25, -0.2) is 0 Å². The van der Waals surface area contributed by atoms with Crippen LogP contribution in [0.3, 0.4) is 0 Å². The molecule has 1 aromatic rings. The Labute approximate surface area is 139 Å². The van der Waals surface area contributed by atoms with Crippen molar-refractivity contribution in [2.24, 2.45) is 0 Å². The fourth-order valence-electron chi connectivity index (χ4n) is 2.24. The highest BCUT2D eigenvalue weighted by molar-refractivity contribution is 6.78. The number of rotatable bonds is 7. The molecule has 0 bridgehead atoms. The van der Waals surface area contributed by atoms with E-state index in [1.807, 2.05) is 0 Å². The molecule has 122 valence electrons. The van der Waals surface area contributed by atoms with Gasteiger partial charge in [0, 0.05) is 18.1 Å². The van der Waals surface area contributed by atoms with E-state index in [4.69, 9.17) is 0 Å². The smallest absolute Gasteiger partial charge is 0.0613 e. The van der Waals surface area contributed by atoms with Crippen molar-refractivity contribution in [2.45, 2.75) is 63.8 Å². The van der Waals surface area contributed by atoms with Gasteiger partial charge in [-0.05, 0) is 18.5 Å². The zero-order valence-electron chi connectivity index (χ0n) is 15.3. The van der Waals surface area contributed by atoms with Gasteiger partial charge in [-0.3, -0.25) is 0 Å². The van der Waals surface area contributed by atoms with Gasteiger partial charge in [0.15, 0.2) is 0 Å². The molecule has 1 nitrogen and oxygen atoms in total. The monoisotopic (exact) mass is 331 g/mol. The van der Waals surface area contributed by atoms with Crippen molar-refractivity contribution in [3.63, 3.8) is 0 Å². The van der Waals surface area contributed by atoms with Crippen LogP contribution in [0.4, 0.5) is 0 Å². The second-order valence-corrected chi connectivity index (χ2v) is 19.3. The highest BCUT2D eigenvalue weighted by Gasteiger charge is 2.24. The molecule has 1 rings (SSSR count). The molecule has 0 aliphatic heterocycles. The topological polar surface area (TPSA) is 12.0 Å². The summed E-state index contributed by atoms with van der Waals surface area (Å²) >= 11 is 0. The lowest BCUT2D eigenvalue weighted by atomic mass is 10.2. The fraction of sp³-hybridized carbons (Fsp3) is 0.579. The van der Waals surface area contributed by atoms with Gasteiger partial charge in [0.05, 0.1) is 16.1 Å². The zero-order valence-corrected chi connectivity index (χ0v) is 17.3. The van der Waals surface area contributed by atoms with E-state index in [1.54, 1.807) is 0 Å². The van der Waals surface area contributed by atoms with Gasteiger partial charge < -0.3 is 5.32 Å². The van der Waals surface area contributed by atoms with Crippen LogP contribution in [0.1, 0.15) is 12.0 Å². The van der Waals surface area contributed by atoms with Gasteiger partial charge >= 0.3 is 0 Å². The first-order valence-electron chi connectivity index (χ1n) is 8.41. The lowest BCUT2D eigenvalue weighted by molar-refractivity contribution is 0.653. The molecule has 1 atom stereocenters. The maximum atomic E-state index is 3.62.